The second-order valence-electron chi connectivity index (χ2n) is 7.38. The number of benzene rings is 2. The lowest BCUT2D eigenvalue weighted by Gasteiger charge is -2.33. The number of hydrogen-bond donors (Lipinski definition) is 0. The van der Waals surface area contributed by atoms with E-state index in [1.54, 1.807) is 19.5 Å². The van der Waals surface area contributed by atoms with Gasteiger partial charge in [0.15, 0.2) is 0 Å². The third kappa shape index (κ3) is 3.98. The van der Waals surface area contributed by atoms with Crippen LogP contribution in [-0.2, 0) is 6.42 Å². The van der Waals surface area contributed by atoms with Gasteiger partial charge >= 0.3 is 0 Å². The number of hydrogen-bond acceptors (Lipinski definition) is 4. The van der Waals surface area contributed by atoms with E-state index in [0.717, 1.165) is 43.6 Å². The van der Waals surface area contributed by atoms with E-state index in [-0.39, 0.29) is 5.91 Å². The molecular formula is C23H25N3O2. The number of likely N-dealkylation sites (tertiary alicyclic amines) is 1. The molecule has 0 radical (unpaired) electrons. The van der Waals surface area contributed by atoms with Gasteiger partial charge < -0.3 is 9.64 Å². The fourth-order valence-corrected chi connectivity index (χ4v) is 4.02. The Morgan fingerprint density at radius 1 is 1.18 bits per heavy atom. The molecule has 1 aliphatic rings. The highest BCUT2D eigenvalue weighted by molar-refractivity contribution is 6.04. The predicted octanol–water partition coefficient (Wildman–Crippen LogP) is 4.12. The highest BCUT2D eigenvalue weighted by Crippen LogP contribution is 2.25. The average molecular weight is 375 g/mol. The summed E-state index contributed by atoms with van der Waals surface area (Å²) in [5.74, 6) is 1.48. The molecule has 4 rings (SSSR count). The third-order valence-electron chi connectivity index (χ3n) is 5.51. The number of piperidine rings is 1. The van der Waals surface area contributed by atoms with Crippen molar-refractivity contribution in [2.45, 2.75) is 25.7 Å². The predicted molar refractivity (Wildman–Crippen MR) is 109 cm³/mol. The maximum Gasteiger partial charge on any atom is 0.256 e. The third-order valence-corrected chi connectivity index (χ3v) is 5.51. The van der Waals surface area contributed by atoms with Crippen LogP contribution < -0.4 is 4.74 Å². The Labute approximate surface area is 165 Å². The number of fused-ring (bicyclic) bond motifs is 1. The molecule has 1 saturated heterocycles. The average Bonchev–Trinajstić information content (AvgIpc) is 2.77. The lowest BCUT2D eigenvalue weighted by atomic mass is 9.91. The largest absolute Gasteiger partial charge is 0.497 e. The van der Waals surface area contributed by atoms with Crippen LogP contribution in [-0.4, -0.2) is 41.0 Å². The highest BCUT2D eigenvalue weighted by Gasteiger charge is 2.25. The van der Waals surface area contributed by atoms with Crippen molar-refractivity contribution in [2.24, 2.45) is 5.92 Å². The summed E-state index contributed by atoms with van der Waals surface area (Å²) in [5.41, 5.74) is 3.39. The van der Waals surface area contributed by atoms with Crippen molar-refractivity contribution >= 4 is 16.9 Å². The van der Waals surface area contributed by atoms with Crippen LogP contribution in [0.5, 0.6) is 5.75 Å². The van der Waals surface area contributed by atoms with Gasteiger partial charge in [0.1, 0.15) is 11.3 Å². The molecule has 2 heterocycles. The van der Waals surface area contributed by atoms with Crippen molar-refractivity contribution in [2.75, 3.05) is 20.2 Å². The number of aromatic nitrogens is 2. The van der Waals surface area contributed by atoms with E-state index in [1.165, 1.54) is 12.0 Å². The van der Waals surface area contributed by atoms with Crippen LogP contribution in [0.2, 0.25) is 0 Å². The molecule has 3 aromatic rings. The number of aryl methyl sites for hydroxylation is 1. The molecule has 28 heavy (non-hydrogen) atoms. The summed E-state index contributed by atoms with van der Waals surface area (Å²) in [5, 5.41) is 0. The first kappa shape index (κ1) is 18.4. The molecule has 0 unspecified atom stereocenters. The molecule has 0 bridgehead atoms. The number of amides is 1. The summed E-state index contributed by atoms with van der Waals surface area (Å²) < 4.78 is 5.32. The summed E-state index contributed by atoms with van der Waals surface area (Å²) in [4.78, 5) is 23.9. The van der Waals surface area contributed by atoms with Crippen molar-refractivity contribution in [1.82, 2.24) is 14.9 Å². The molecule has 0 saturated carbocycles. The molecule has 1 aromatic heterocycles. The molecule has 2 aromatic carbocycles. The van der Waals surface area contributed by atoms with Crippen molar-refractivity contribution in [3.8, 4) is 5.75 Å². The van der Waals surface area contributed by atoms with Gasteiger partial charge in [-0.2, -0.15) is 0 Å². The van der Waals surface area contributed by atoms with E-state index in [1.807, 2.05) is 35.2 Å². The number of methoxy groups -OCH3 is 1. The molecule has 0 N–H and O–H groups in total. The van der Waals surface area contributed by atoms with Crippen LogP contribution >= 0.6 is 0 Å². The minimum absolute atomic E-state index is 0.0668. The molecule has 1 amide bonds. The standard InChI is InChI=1S/C23H25N3O2/c1-28-19-7-2-5-17(15-19)10-11-18-6-4-14-26(16-18)23(27)20-8-3-9-21-22(20)25-13-12-24-21/h2-3,5,7-9,12-13,15,18H,4,6,10-11,14,16H2,1H3/t18-/m0/s1. The zero-order valence-electron chi connectivity index (χ0n) is 16.2. The van der Waals surface area contributed by atoms with Gasteiger partial charge in [0.2, 0.25) is 0 Å². The summed E-state index contributed by atoms with van der Waals surface area (Å²) in [6.45, 7) is 1.62. The summed E-state index contributed by atoms with van der Waals surface area (Å²) in [7, 11) is 1.70. The summed E-state index contributed by atoms with van der Waals surface area (Å²) in [6.07, 6.45) is 7.60. The monoisotopic (exact) mass is 375 g/mol. The van der Waals surface area contributed by atoms with E-state index in [9.17, 15) is 4.79 Å². The number of nitrogens with zero attached hydrogens (tertiary/aromatic N) is 3. The highest BCUT2D eigenvalue weighted by atomic mass is 16.5. The van der Waals surface area contributed by atoms with Crippen LogP contribution in [0.3, 0.4) is 0 Å². The smallest absolute Gasteiger partial charge is 0.256 e. The Morgan fingerprint density at radius 3 is 2.93 bits per heavy atom. The molecule has 5 heteroatoms. The van der Waals surface area contributed by atoms with Gasteiger partial charge in [-0.15, -0.1) is 0 Å². The van der Waals surface area contributed by atoms with E-state index >= 15 is 0 Å². The van der Waals surface area contributed by atoms with E-state index in [2.05, 4.69) is 22.1 Å². The van der Waals surface area contributed by atoms with Crippen LogP contribution in [0.1, 0.15) is 35.2 Å². The van der Waals surface area contributed by atoms with Crippen molar-refractivity contribution in [1.29, 1.82) is 0 Å². The second kappa shape index (κ2) is 8.38. The fourth-order valence-electron chi connectivity index (χ4n) is 4.02. The first-order valence-electron chi connectivity index (χ1n) is 9.86. The Bertz CT molecular complexity index is 967. The van der Waals surface area contributed by atoms with Crippen LogP contribution in [0.25, 0.3) is 11.0 Å². The molecule has 1 atom stereocenters. The van der Waals surface area contributed by atoms with Gasteiger partial charge in [-0.25, -0.2) is 0 Å². The number of rotatable bonds is 5. The van der Waals surface area contributed by atoms with Gasteiger partial charge in [-0.1, -0.05) is 18.2 Å². The first-order chi connectivity index (χ1) is 13.7. The Hall–Kier alpha value is -2.95. The van der Waals surface area contributed by atoms with Crippen LogP contribution in [0.4, 0.5) is 0 Å². The quantitative estimate of drug-likeness (QED) is 0.673. The number of para-hydroxylation sites is 1. The summed E-state index contributed by atoms with van der Waals surface area (Å²) in [6, 6.07) is 13.9. The summed E-state index contributed by atoms with van der Waals surface area (Å²) >= 11 is 0. The zero-order chi connectivity index (χ0) is 19.3. The fraction of sp³-hybridized carbons (Fsp3) is 0.348. The number of carbonyl (C=O) groups excluding carboxylic acids is 1. The SMILES string of the molecule is COc1cccc(CC[C@@H]2CCCN(C(=O)c3cccc4nccnc34)C2)c1. The van der Waals surface area contributed by atoms with Crippen LogP contribution in [0.15, 0.2) is 54.9 Å². The molecule has 1 aliphatic heterocycles. The minimum atomic E-state index is 0.0668. The molecule has 0 aliphatic carbocycles. The molecule has 0 spiro atoms. The van der Waals surface area contributed by atoms with E-state index in [0.29, 0.717) is 17.0 Å². The minimum Gasteiger partial charge on any atom is -0.497 e. The zero-order valence-corrected chi connectivity index (χ0v) is 16.2. The van der Waals surface area contributed by atoms with Crippen molar-refractivity contribution in [3.63, 3.8) is 0 Å². The number of ether oxygens (including phenoxy) is 1. The van der Waals surface area contributed by atoms with E-state index in [4.69, 9.17) is 4.74 Å². The van der Waals surface area contributed by atoms with Gasteiger partial charge in [0, 0.05) is 25.5 Å². The Balaban J connectivity index is 1.43. The maximum absolute atomic E-state index is 13.2. The lowest BCUT2D eigenvalue weighted by molar-refractivity contribution is 0.0670. The van der Waals surface area contributed by atoms with E-state index < -0.39 is 0 Å². The molecule has 1 fully saturated rings. The maximum atomic E-state index is 13.2. The topological polar surface area (TPSA) is 55.3 Å². The van der Waals surface area contributed by atoms with Crippen molar-refractivity contribution in [3.05, 3.63) is 66.0 Å². The Kier molecular flexibility index (Phi) is 5.51. The normalized spacial score (nSPS) is 16.9. The first-order valence-corrected chi connectivity index (χ1v) is 9.86. The van der Waals surface area contributed by atoms with Gasteiger partial charge in [0.05, 0.1) is 18.2 Å². The molecule has 144 valence electrons. The molecule has 5 nitrogen and oxygen atoms in total. The lowest BCUT2D eigenvalue weighted by Crippen LogP contribution is -2.40. The van der Waals surface area contributed by atoms with Gasteiger partial charge in [0.25, 0.3) is 5.91 Å². The van der Waals surface area contributed by atoms with Gasteiger partial charge in [-0.05, 0) is 61.4 Å². The Morgan fingerprint density at radius 2 is 2.04 bits per heavy atom. The molecular weight excluding hydrogens is 350 g/mol. The van der Waals surface area contributed by atoms with Crippen molar-refractivity contribution < 1.29 is 9.53 Å². The van der Waals surface area contributed by atoms with Gasteiger partial charge in [-0.3, -0.25) is 14.8 Å². The second-order valence-corrected chi connectivity index (χ2v) is 7.38. The number of carbonyl (C=O) groups is 1. The van der Waals surface area contributed by atoms with Crippen LogP contribution in [0, 0.1) is 5.92 Å².